The second-order valence-electron chi connectivity index (χ2n) is 11.0. The van der Waals surface area contributed by atoms with Gasteiger partial charge in [0.15, 0.2) is 0 Å². The molecule has 4 aromatic carbocycles. The van der Waals surface area contributed by atoms with Crippen LogP contribution in [0.15, 0.2) is 48.5 Å². The number of rotatable bonds is 6. The van der Waals surface area contributed by atoms with Gasteiger partial charge in [-0.2, -0.15) is 0 Å². The first-order valence-corrected chi connectivity index (χ1v) is 14.0. The zero-order valence-electron chi connectivity index (χ0n) is 25.3. The van der Waals surface area contributed by atoms with Crippen LogP contribution < -0.4 is 0 Å². The van der Waals surface area contributed by atoms with Gasteiger partial charge in [-0.15, -0.1) is 0 Å². The van der Waals surface area contributed by atoms with Crippen LogP contribution in [0.2, 0.25) is 0 Å². The van der Waals surface area contributed by atoms with Crippen LogP contribution in [0.3, 0.4) is 0 Å². The van der Waals surface area contributed by atoms with Crippen molar-refractivity contribution in [3.05, 3.63) is 115 Å². The minimum absolute atomic E-state index is 0.253. The molecule has 0 saturated carbocycles. The van der Waals surface area contributed by atoms with Gasteiger partial charge in [-0.1, -0.05) is 42.5 Å². The Bertz CT molecular complexity index is 1590. The van der Waals surface area contributed by atoms with Crippen LogP contribution in [0.5, 0.6) is 0 Å². The molecule has 0 radical (unpaired) electrons. The van der Waals surface area contributed by atoms with Crippen LogP contribution in [0.25, 0.3) is 22.3 Å². The van der Waals surface area contributed by atoms with E-state index in [1.54, 1.807) is 0 Å². The predicted octanol–water partition coefficient (Wildman–Crippen LogP) is 9.56. The molecule has 39 heavy (non-hydrogen) atoms. The van der Waals surface area contributed by atoms with Crippen LogP contribution in [-0.4, -0.2) is 12.6 Å². The first kappa shape index (κ1) is 28.4. The average Bonchev–Trinajstić information content (AvgIpc) is 2.91. The highest BCUT2D eigenvalue weighted by atomic mass is 16.5. The van der Waals surface area contributed by atoms with Gasteiger partial charge in [0.2, 0.25) is 0 Å². The summed E-state index contributed by atoms with van der Waals surface area (Å²) in [6, 6.07) is 17.6. The lowest BCUT2D eigenvalue weighted by Crippen LogP contribution is -2.08. The average molecular weight is 519 g/mol. The molecule has 0 aliphatic carbocycles. The van der Waals surface area contributed by atoms with Gasteiger partial charge in [0, 0.05) is 0 Å². The van der Waals surface area contributed by atoms with E-state index in [9.17, 15) is 4.79 Å². The first-order valence-electron chi connectivity index (χ1n) is 14.0. The number of carbonyl (C=O) groups excluding carboxylic acids is 1. The fourth-order valence-electron chi connectivity index (χ4n) is 5.72. The highest BCUT2D eigenvalue weighted by molar-refractivity contribution is 5.93. The molecular weight excluding hydrogens is 476 g/mol. The zero-order valence-corrected chi connectivity index (χ0v) is 25.3. The Labute approximate surface area is 235 Å². The summed E-state index contributed by atoms with van der Waals surface area (Å²) >= 11 is 0. The second-order valence-corrected chi connectivity index (χ2v) is 11.0. The molecule has 0 amide bonds. The van der Waals surface area contributed by atoms with Crippen molar-refractivity contribution >= 4 is 5.97 Å². The standard InChI is InChI=1S/C37H42O2/c1-11-39-37(38)36-19-18-35(28(9)29(36)10)34-17-14-31(24(5)27(34)8)20-30-13-16-33(26(7)23(30)4)32-15-12-21(2)22(3)25(32)6/h12-19H,11,20H2,1-10H3. The van der Waals surface area contributed by atoms with Crippen molar-refractivity contribution < 1.29 is 9.53 Å². The molecule has 0 fully saturated rings. The summed E-state index contributed by atoms with van der Waals surface area (Å²) < 4.78 is 5.25. The Balaban J connectivity index is 1.68. The number of hydrogen-bond donors (Lipinski definition) is 0. The molecule has 0 aliphatic heterocycles. The highest BCUT2D eigenvalue weighted by Gasteiger charge is 2.18. The molecule has 0 unspecified atom stereocenters. The van der Waals surface area contributed by atoms with Crippen LogP contribution >= 0.6 is 0 Å². The maximum atomic E-state index is 12.4. The smallest absolute Gasteiger partial charge is 0.338 e. The van der Waals surface area contributed by atoms with Crippen molar-refractivity contribution in [1.82, 2.24) is 0 Å². The third kappa shape index (κ3) is 5.17. The summed E-state index contributed by atoms with van der Waals surface area (Å²) in [5.74, 6) is -0.253. The Hall–Kier alpha value is -3.65. The molecule has 0 heterocycles. The van der Waals surface area contributed by atoms with E-state index >= 15 is 0 Å². The largest absolute Gasteiger partial charge is 0.462 e. The first-order chi connectivity index (χ1) is 18.5. The molecule has 0 spiro atoms. The van der Waals surface area contributed by atoms with Crippen LogP contribution in [0, 0.1) is 62.3 Å². The minimum atomic E-state index is -0.253. The third-order valence-corrected chi connectivity index (χ3v) is 9.10. The van der Waals surface area contributed by atoms with Crippen LogP contribution in [0.4, 0.5) is 0 Å². The van der Waals surface area contributed by atoms with Crippen molar-refractivity contribution in [2.24, 2.45) is 0 Å². The van der Waals surface area contributed by atoms with Crippen LogP contribution in [0.1, 0.15) is 78.5 Å². The molecule has 4 aromatic rings. The van der Waals surface area contributed by atoms with Gasteiger partial charge >= 0.3 is 5.97 Å². The number of benzene rings is 4. The summed E-state index contributed by atoms with van der Waals surface area (Å²) in [5, 5.41) is 0. The normalized spacial score (nSPS) is 11.1. The van der Waals surface area contributed by atoms with Gasteiger partial charge in [0.1, 0.15) is 0 Å². The van der Waals surface area contributed by atoms with Crippen molar-refractivity contribution in [1.29, 1.82) is 0 Å². The monoisotopic (exact) mass is 518 g/mol. The molecule has 4 rings (SSSR count). The maximum Gasteiger partial charge on any atom is 0.338 e. The molecule has 0 aromatic heterocycles. The van der Waals surface area contributed by atoms with Gasteiger partial charge in [-0.05, 0) is 165 Å². The van der Waals surface area contributed by atoms with E-state index in [1.807, 2.05) is 19.9 Å². The van der Waals surface area contributed by atoms with Gasteiger partial charge in [0.25, 0.3) is 0 Å². The van der Waals surface area contributed by atoms with Gasteiger partial charge in [-0.25, -0.2) is 4.79 Å². The van der Waals surface area contributed by atoms with E-state index in [0.29, 0.717) is 12.2 Å². The number of ether oxygens (including phenoxy) is 1. The van der Waals surface area contributed by atoms with Gasteiger partial charge < -0.3 is 4.74 Å². The van der Waals surface area contributed by atoms with E-state index in [1.165, 1.54) is 72.3 Å². The summed E-state index contributed by atoms with van der Waals surface area (Å²) in [4.78, 5) is 12.4. The van der Waals surface area contributed by atoms with Crippen molar-refractivity contribution in [3.63, 3.8) is 0 Å². The quantitative estimate of drug-likeness (QED) is 0.238. The van der Waals surface area contributed by atoms with E-state index in [-0.39, 0.29) is 5.97 Å². The molecule has 0 saturated heterocycles. The van der Waals surface area contributed by atoms with Gasteiger partial charge in [0.05, 0.1) is 12.2 Å². The molecular formula is C37H42O2. The van der Waals surface area contributed by atoms with Crippen molar-refractivity contribution in [2.75, 3.05) is 6.61 Å². The number of esters is 1. The van der Waals surface area contributed by atoms with Crippen LogP contribution in [-0.2, 0) is 11.2 Å². The minimum Gasteiger partial charge on any atom is -0.462 e. The molecule has 0 N–H and O–H groups in total. The molecule has 2 nitrogen and oxygen atoms in total. The van der Waals surface area contributed by atoms with Gasteiger partial charge in [-0.3, -0.25) is 0 Å². The Morgan fingerprint density at radius 2 is 0.923 bits per heavy atom. The summed E-state index contributed by atoms with van der Waals surface area (Å²) in [5.41, 5.74) is 20.0. The Morgan fingerprint density at radius 1 is 0.513 bits per heavy atom. The van der Waals surface area contributed by atoms with E-state index in [0.717, 1.165) is 17.5 Å². The topological polar surface area (TPSA) is 26.3 Å². The Morgan fingerprint density at radius 3 is 1.41 bits per heavy atom. The van der Waals surface area contributed by atoms with E-state index in [4.69, 9.17) is 4.74 Å². The highest BCUT2D eigenvalue weighted by Crippen LogP contribution is 2.35. The van der Waals surface area contributed by atoms with Crippen molar-refractivity contribution in [3.8, 4) is 22.3 Å². The summed E-state index contributed by atoms with van der Waals surface area (Å²) in [7, 11) is 0. The summed E-state index contributed by atoms with van der Waals surface area (Å²) in [6.45, 7) is 21.9. The lowest BCUT2D eigenvalue weighted by atomic mass is 9.85. The molecule has 202 valence electrons. The molecule has 0 bridgehead atoms. The van der Waals surface area contributed by atoms with E-state index in [2.05, 4.69) is 97.9 Å². The lowest BCUT2D eigenvalue weighted by Gasteiger charge is -2.20. The van der Waals surface area contributed by atoms with Crippen molar-refractivity contribution in [2.45, 2.75) is 75.7 Å². The Kier molecular flexibility index (Phi) is 8.16. The number of carbonyl (C=O) groups is 1. The second kappa shape index (κ2) is 11.2. The number of aryl methyl sites for hydroxylation is 1. The molecule has 0 atom stereocenters. The molecule has 2 heteroatoms. The fraction of sp³-hybridized carbons (Fsp3) is 0.324. The third-order valence-electron chi connectivity index (χ3n) is 9.10. The molecule has 0 aliphatic rings. The SMILES string of the molecule is CCOC(=O)c1ccc(-c2ccc(Cc3ccc(-c4ccc(C)c(C)c4C)c(C)c3C)c(C)c2C)c(C)c1C. The summed E-state index contributed by atoms with van der Waals surface area (Å²) in [6.07, 6.45) is 0.908. The zero-order chi connectivity index (χ0) is 28.6. The maximum absolute atomic E-state index is 12.4. The predicted molar refractivity (Wildman–Crippen MR) is 165 cm³/mol. The fourth-order valence-corrected chi connectivity index (χ4v) is 5.72. The lowest BCUT2D eigenvalue weighted by molar-refractivity contribution is 0.0525. The van der Waals surface area contributed by atoms with E-state index < -0.39 is 0 Å². The number of hydrogen-bond acceptors (Lipinski definition) is 2.